The standard InChI is InChI=1S/C22H30N2O3S/c1-4-5-16-27-20-7-9-21(10-8-20)28(25,26)24-14-12-23(13-15-24)22-11-6-18(2)17-19(22)3/h6-11,17H,4-5,12-16H2,1-3H3. The number of hydrogen-bond donors (Lipinski definition) is 0. The van der Waals surface area contributed by atoms with Crippen LogP contribution in [-0.4, -0.2) is 45.5 Å². The van der Waals surface area contributed by atoms with E-state index in [0.717, 1.165) is 12.8 Å². The molecule has 0 amide bonds. The van der Waals surface area contributed by atoms with Crippen LogP contribution in [-0.2, 0) is 10.0 Å². The first-order valence-electron chi connectivity index (χ1n) is 9.97. The number of piperazine rings is 1. The van der Waals surface area contributed by atoms with Gasteiger partial charge < -0.3 is 9.64 Å². The highest BCUT2D eigenvalue weighted by Gasteiger charge is 2.29. The monoisotopic (exact) mass is 402 g/mol. The summed E-state index contributed by atoms with van der Waals surface area (Å²) in [5.74, 6) is 0.715. The van der Waals surface area contributed by atoms with Gasteiger partial charge in [0.1, 0.15) is 5.75 Å². The minimum absolute atomic E-state index is 0.329. The van der Waals surface area contributed by atoms with Crippen LogP contribution < -0.4 is 9.64 Å². The lowest BCUT2D eigenvalue weighted by Crippen LogP contribution is -2.48. The highest BCUT2D eigenvalue weighted by Crippen LogP contribution is 2.25. The van der Waals surface area contributed by atoms with Crippen LogP contribution in [0.4, 0.5) is 5.69 Å². The van der Waals surface area contributed by atoms with E-state index in [2.05, 4.69) is 43.9 Å². The maximum Gasteiger partial charge on any atom is 0.243 e. The van der Waals surface area contributed by atoms with Crippen molar-refractivity contribution < 1.29 is 13.2 Å². The van der Waals surface area contributed by atoms with Crippen molar-refractivity contribution >= 4 is 15.7 Å². The van der Waals surface area contributed by atoms with Crippen molar-refractivity contribution in [2.24, 2.45) is 0 Å². The molecule has 0 radical (unpaired) electrons. The van der Waals surface area contributed by atoms with Crippen LogP contribution >= 0.6 is 0 Å². The molecule has 0 unspecified atom stereocenters. The second-order valence-corrected chi connectivity index (χ2v) is 9.29. The van der Waals surface area contributed by atoms with Gasteiger partial charge in [-0.3, -0.25) is 0 Å². The van der Waals surface area contributed by atoms with E-state index in [1.807, 2.05) is 0 Å². The van der Waals surface area contributed by atoms with Crippen molar-refractivity contribution in [3.05, 3.63) is 53.6 Å². The fourth-order valence-corrected chi connectivity index (χ4v) is 4.94. The van der Waals surface area contributed by atoms with Crippen LogP contribution in [0.2, 0.25) is 0 Å². The average molecular weight is 403 g/mol. The first-order valence-corrected chi connectivity index (χ1v) is 11.4. The van der Waals surface area contributed by atoms with E-state index in [1.54, 1.807) is 28.6 Å². The molecule has 0 N–H and O–H groups in total. The van der Waals surface area contributed by atoms with E-state index in [4.69, 9.17) is 4.74 Å². The van der Waals surface area contributed by atoms with Gasteiger partial charge in [-0.25, -0.2) is 8.42 Å². The third-order valence-corrected chi connectivity index (χ3v) is 7.07. The molecule has 0 bridgehead atoms. The summed E-state index contributed by atoms with van der Waals surface area (Å²) in [6, 6.07) is 13.2. The molecule has 28 heavy (non-hydrogen) atoms. The Balaban J connectivity index is 1.64. The van der Waals surface area contributed by atoms with Crippen LogP contribution in [0.1, 0.15) is 30.9 Å². The summed E-state index contributed by atoms with van der Waals surface area (Å²) in [6.07, 6.45) is 2.06. The van der Waals surface area contributed by atoms with Crippen molar-refractivity contribution in [1.29, 1.82) is 0 Å². The molecule has 1 fully saturated rings. The predicted molar refractivity (Wildman–Crippen MR) is 114 cm³/mol. The molecule has 3 rings (SSSR count). The first-order chi connectivity index (χ1) is 13.4. The Morgan fingerprint density at radius 3 is 2.25 bits per heavy atom. The molecule has 1 saturated heterocycles. The zero-order valence-electron chi connectivity index (χ0n) is 17.0. The van der Waals surface area contributed by atoms with Crippen LogP contribution in [0.15, 0.2) is 47.4 Å². The summed E-state index contributed by atoms with van der Waals surface area (Å²) in [5, 5.41) is 0. The predicted octanol–water partition coefficient (Wildman–Crippen LogP) is 3.99. The highest BCUT2D eigenvalue weighted by atomic mass is 32.2. The van der Waals surface area contributed by atoms with Gasteiger partial charge in [-0.1, -0.05) is 31.0 Å². The molecule has 0 atom stereocenters. The van der Waals surface area contributed by atoms with Gasteiger partial charge in [-0.05, 0) is 56.2 Å². The van der Waals surface area contributed by atoms with E-state index in [0.29, 0.717) is 43.4 Å². The third-order valence-electron chi connectivity index (χ3n) is 5.16. The second kappa shape index (κ2) is 8.97. The van der Waals surface area contributed by atoms with Gasteiger partial charge in [0, 0.05) is 31.9 Å². The summed E-state index contributed by atoms with van der Waals surface area (Å²) < 4.78 is 33.2. The third kappa shape index (κ3) is 4.67. The number of rotatable bonds is 7. The molecule has 0 saturated carbocycles. The van der Waals surface area contributed by atoms with E-state index >= 15 is 0 Å². The van der Waals surface area contributed by atoms with Crippen LogP contribution in [0, 0.1) is 13.8 Å². The SMILES string of the molecule is CCCCOc1ccc(S(=O)(=O)N2CCN(c3ccc(C)cc3C)CC2)cc1. The Morgan fingerprint density at radius 2 is 1.64 bits per heavy atom. The molecule has 0 aromatic heterocycles. The zero-order chi connectivity index (χ0) is 20.1. The second-order valence-electron chi connectivity index (χ2n) is 7.35. The number of ether oxygens (including phenoxy) is 1. The molecule has 2 aromatic rings. The van der Waals surface area contributed by atoms with E-state index in [-0.39, 0.29) is 0 Å². The number of sulfonamides is 1. The summed E-state index contributed by atoms with van der Waals surface area (Å²) in [7, 11) is -3.48. The van der Waals surface area contributed by atoms with Crippen molar-refractivity contribution in [3.8, 4) is 5.75 Å². The van der Waals surface area contributed by atoms with Crippen LogP contribution in [0.25, 0.3) is 0 Å². The maximum atomic E-state index is 13.0. The molecule has 1 aliphatic rings. The number of unbranched alkanes of at least 4 members (excludes halogenated alkanes) is 1. The Labute approximate surface area is 169 Å². The topological polar surface area (TPSA) is 49.9 Å². The first kappa shape index (κ1) is 20.7. The molecular formula is C22H30N2O3S. The molecule has 1 aliphatic heterocycles. The number of aryl methyl sites for hydroxylation is 2. The lowest BCUT2D eigenvalue weighted by Gasteiger charge is -2.36. The number of hydrogen-bond acceptors (Lipinski definition) is 4. The smallest absolute Gasteiger partial charge is 0.243 e. The fraction of sp³-hybridized carbons (Fsp3) is 0.455. The summed E-state index contributed by atoms with van der Waals surface area (Å²) in [4.78, 5) is 2.60. The van der Waals surface area contributed by atoms with Gasteiger partial charge in [-0.2, -0.15) is 4.31 Å². The number of anilines is 1. The minimum Gasteiger partial charge on any atom is -0.494 e. The van der Waals surface area contributed by atoms with Crippen LogP contribution in [0.3, 0.4) is 0 Å². The van der Waals surface area contributed by atoms with Crippen molar-refractivity contribution in [2.45, 2.75) is 38.5 Å². The van der Waals surface area contributed by atoms with Gasteiger partial charge in [0.2, 0.25) is 10.0 Å². The lowest BCUT2D eigenvalue weighted by atomic mass is 10.1. The van der Waals surface area contributed by atoms with E-state index < -0.39 is 10.0 Å². The minimum atomic E-state index is -3.48. The Hall–Kier alpha value is -2.05. The van der Waals surface area contributed by atoms with Crippen molar-refractivity contribution in [1.82, 2.24) is 4.31 Å². The van der Waals surface area contributed by atoms with Crippen molar-refractivity contribution in [2.75, 3.05) is 37.7 Å². The van der Waals surface area contributed by atoms with Gasteiger partial charge in [-0.15, -0.1) is 0 Å². The molecule has 1 heterocycles. The highest BCUT2D eigenvalue weighted by molar-refractivity contribution is 7.89. The molecule has 0 aliphatic carbocycles. The Bertz CT molecular complexity index is 886. The normalized spacial score (nSPS) is 15.6. The van der Waals surface area contributed by atoms with E-state index in [9.17, 15) is 8.42 Å². The molecule has 0 spiro atoms. The molecular weight excluding hydrogens is 372 g/mol. The largest absolute Gasteiger partial charge is 0.494 e. The molecule has 6 heteroatoms. The average Bonchev–Trinajstić information content (AvgIpc) is 2.69. The summed E-state index contributed by atoms with van der Waals surface area (Å²) in [5.41, 5.74) is 3.66. The van der Waals surface area contributed by atoms with Gasteiger partial charge in [0.05, 0.1) is 11.5 Å². The lowest BCUT2D eigenvalue weighted by molar-refractivity contribution is 0.309. The molecule has 5 nitrogen and oxygen atoms in total. The maximum absolute atomic E-state index is 13.0. The zero-order valence-corrected chi connectivity index (χ0v) is 17.8. The summed E-state index contributed by atoms with van der Waals surface area (Å²) >= 11 is 0. The van der Waals surface area contributed by atoms with Gasteiger partial charge in [0.15, 0.2) is 0 Å². The quantitative estimate of drug-likeness (QED) is 0.657. The van der Waals surface area contributed by atoms with Gasteiger partial charge in [0.25, 0.3) is 0 Å². The fourth-order valence-electron chi connectivity index (χ4n) is 3.52. The van der Waals surface area contributed by atoms with Crippen molar-refractivity contribution in [3.63, 3.8) is 0 Å². The van der Waals surface area contributed by atoms with Gasteiger partial charge >= 0.3 is 0 Å². The number of benzene rings is 2. The Morgan fingerprint density at radius 1 is 0.964 bits per heavy atom. The van der Waals surface area contributed by atoms with Crippen LogP contribution in [0.5, 0.6) is 5.75 Å². The molecule has 152 valence electrons. The van der Waals surface area contributed by atoms with E-state index in [1.165, 1.54) is 16.8 Å². The Kier molecular flexibility index (Phi) is 6.62. The molecule has 2 aromatic carbocycles. The summed E-state index contributed by atoms with van der Waals surface area (Å²) in [6.45, 7) is 9.33. The number of nitrogens with zero attached hydrogens (tertiary/aromatic N) is 2.